The Balaban J connectivity index is 1.73. The standard InChI is InChI=1S/C21H20N4/c1-2-7-15-13-18-17(12-14(15)6-1)22-19-16-8-3-4-9-24-10-5-11-25(21(16)24)20(19)23-18/h1-2,6-7,12-13H,3-5,8-11H2. The van der Waals surface area contributed by atoms with Crippen LogP contribution in [-0.2, 0) is 13.0 Å². The molecule has 0 amide bonds. The summed E-state index contributed by atoms with van der Waals surface area (Å²) >= 11 is 0. The summed E-state index contributed by atoms with van der Waals surface area (Å²) in [5, 5.41) is 2.47. The number of hydrogen-bond donors (Lipinski definition) is 0. The van der Waals surface area contributed by atoms with E-state index < -0.39 is 0 Å². The largest absolute Gasteiger partial charge is 0.358 e. The molecule has 0 bridgehead atoms. The van der Waals surface area contributed by atoms with Crippen LogP contribution in [0.15, 0.2) is 36.4 Å². The average Bonchev–Trinajstić information content (AvgIpc) is 2.80. The molecule has 124 valence electrons. The van der Waals surface area contributed by atoms with Gasteiger partial charge in [-0.15, -0.1) is 0 Å². The van der Waals surface area contributed by atoms with Crippen LogP contribution in [0.5, 0.6) is 0 Å². The van der Waals surface area contributed by atoms with E-state index in [1.807, 2.05) is 0 Å². The number of fused-ring (bicyclic) bond motifs is 5. The van der Waals surface area contributed by atoms with Crippen LogP contribution in [0.2, 0.25) is 0 Å². The van der Waals surface area contributed by atoms with E-state index in [-0.39, 0.29) is 0 Å². The van der Waals surface area contributed by atoms with Gasteiger partial charge in [0.05, 0.1) is 11.0 Å². The highest BCUT2D eigenvalue weighted by atomic mass is 15.3. The zero-order chi connectivity index (χ0) is 16.4. The number of aryl methyl sites for hydroxylation is 2. The summed E-state index contributed by atoms with van der Waals surface area (Å²) in [7, 11) is 0. The zero-order valence-electron chi connectivity index (χ0n) is 14.2. The van der Waals surface area contributed by atoms with Gasteiger partial charge in [0.25, 0.3) is 0 Å². The predicted octanol–water partition coefficient (Wildman–Crippen LogP) is 4.28. The molecule has 0 aliphatic carbocycles. The van der Waals surface area contributed by atoms with Gasteiger partial charge in [0.1, 0.15) is 11.3 Å². The molecule has 0 N–H and O–H groups in total. The van der Waals surface area contributed by atoms with Gasteiger partial charge in [-0.1, -0.05) is 24.3 Å². The SMILES string of the molecule is c1ccc2cc3nc4c(nc3cc2c1)c1c2n4CCCN2CCCC1. The van der Waals surface area contributed by atoms with Crippen LogP contribution in [0.1, 0.15) is 24.8 Å². The van der Waals surface area contributed by atoms with E-state index in [0.29, 0.717) is 0 Å². The van der Waals surface area contributed by atoms with Crippen LogP contribution < -0.4 is 4.90 Å². The Morgan fingerprint density at radius 1 is 0.800 bits per heavy atom. The Morgan fingerprint density at radius 3 is 2.40 bits per heavy atom. The average molecular weight is 328 g/mol. The third-order valence-electron chi connectivity index (χ3n) is 5.79. The van der Waals surface area contributed by atoms with Crippen molar-refractivity contribution in [1.82, 2.24) is 14.5 Å². The minimum absolute atomic E-state index is 1.01. The summed E-state index contributed by atoms with van der Waals surface area (Å²) in [5.41, 5.74) is 5.66. The fraction of sp³-hybridized carbons (Fsp3) is 0.333. The highest BCUT2D eigenvalue weighted by Crippen LogP contribution is 2.38. The smallest absolute Gasteiger partial charge is 0.161 e. The predicted molar refractivity (Wildman–Crippen MR) is 102 cm³/mol. The van der Waals surface area contributed by atoms with Gasteiger partial charge in [-0.05, 0) is 48.6 Å². The van der Waals surface area contributed by atoms with Crippen molar-refractivity contribution >= 4 is 38.8 Å². The van der Waals surface area contributed by atoms with E-state index in [0.717, 1.165) is 35.2 Å². The molecule has 0 saturated carbocycles. The molecular formula is C21H20N4. The van der Waals surface area contributed by atoms with Gasteiger partial charge in [-0.3, -0.25) is 0 Å². The Morgan fingerprint density at radius 2 is 1.56 bits per heavy atom. The van der Waals surface area contributed by atoms with E-state index in [4.69, 9.17) is 9.97 Å². The number of nitrogens with zero attached hydrogens (tertiary/aromatic N) is 4. The highest BCUT2D eigenvalue weighted by Gasteiger charge is 2.28. The second kappa shape index (κ2) is 4.94. The van der Waals surface area contributed by atoms with Gasteiger partial charge in [0.15, 0.2) is 5.65 Å². The van der Waals surface area contributed by atoms with Crippen molar-refractivity contribution in [3.63, 3.8) is 0 Å². The third kappa shape index (κ3) is 1.88. The third-order valence-corrected chi connectivity index (χ3v) is 5.79. The maximum Gasteiger partial charge on any atom is 0.161 e. The van der Waals surface area contributed by atoms with Crippen LogP contribution >= 0.6 is 0 Å². The van der Waals surface area contributed by atoms with E-state index in [9.17, 15) is 0 Å². The van der Waals surface area contributed by atoms with Crippen molar-refractivity contribution in [3.8, 4) is 0 Å². The monoisotopic (exact) mass is 328 g/mol. The van der Waals surface area contributed by atoms with Crippen LogP contribution in [0.3, 0.4) is 0 Å². The Bertz CT molecular complexity index is 1140. The van der Waals surface area contributed by atoms with Crippen molar-refractivity contribution in [2.45, 2.75) is 32.2 Å². The van der Waals surface area contributed by atoms with E-state index in [1.54, 1.807) is 0 Å². The van der Waals surface area contributed by atoms with Crippen molar-refractivity contribution in [3.05, 3.63) is 42.0 Å². The molecule has 2 aliphatic heterocycles. The molecule has 25 heavy (non-hydrogen) atoms. The van der Waals surface area contributed by atoms with E-state index in [1.165, 1.54) is 54.5 Å². The van der Waals surface area contributed by atoms with Crippen molar-refractivity contribution in [1.29, 1.82) is 0 Å². The van der Waals surface area contributed by atoms with Crippen LogP contribution in [0.25, 0.3) is 33.0 Å². The molecule has 6 rings (SSSR count). The van der Waals surface area contributed by atoms with E-state index >= 15 is 0 Å². The topological polar surface area (TPSA) is 34.0 Å². The summed E-state index contributed by atoms with van der Waals surface area (Å²) in [5.74, 6) is 1.40. The molecule has 4 heteroatoms. The molecule has 4 nitrogen and oxygen atoms in total. The maximum atomic E-state index is 5.10. The van der Waals surface area contributed by atoms with Gasteiger partial charge < -0.3 is 9.47 Å². The number of hydrogen-bond acceptors (Lipinski definition) is 3. The lowest BCUT2D eigenvalue weighted by Gasteiger charge is -2.30. The second-order valence-corrected chi connectivity index (χ2v) is 7.34. The maximum absolute atomic E-state index is 5.10. The Kier molecular flexibility index (Phi) is 2.70. The molecule has 0 spiro atoms. The van der Waals surface area contributed by atoms with Crippen molar-refractivity contribution < 1.29 is 0 Å². The quantitative estimate of drug-likeness (QED) is 0.452. The molecule has 4 heterocycles. The summed E-state index contributed by atoms with van der Waals surface area (Å²) in [4.78, 5) is 12.7. The molecular weight excluding hydrogens is 308 g/mol. The van der Waals surface area contributed by atoms with Gasteiger partial charge in [-0.25, -0.2) is 9.97 Å². The van der Waals surface area contributed by atoms with Gasteiger partial charge >= 0.3 is 0 Å². The first kappa shape index (κ1) is 13.6. The van der Waals surface area contributed by atoms with Gasteiger partial charge in [-0.2, -0.15) is 0 Å². The second-order valence-electron chi connectivity index (χ2n) is 7.34. The number of aromatic nitrogens is 3. The normalized spacial score (nSPS) is 17.2. The minimum atomic E-state index is 1.01. The summed E-state index contributed by atoms with van der Waals surface area (Å²) in [6.45, 7) is 3.41. The summed E-state index contributed by atoms with van der Waals surface area (Å²) < 4.78 is 2.43. The number of rotatable bonds is 0. The first-order valence-electron chi connectivity index (χ1n) is 9.35. The lowest BCUT2D eigenvalue weighted by molar-refractivity contribution is 0.568. The van der Waals surface area contributed by atoms with Crippen LogP contribution in [0, 0.1) is 0 Å². The van der Waals surface area contributed by atoms with Crippen molar-refractivity contribution in [2.75, 3.05) is 18.0 Å². The zero-order valence-corrected chi connectivity index (χ0v) is 14.2. The van der Waals surface area contributed by atoms with Gasteiger partial charge in [0.2, 0.25) is 0 Å². The molecule has 2 aliphatic rings. The molecule has 0 unspecified atom stereocenters. The van der Waals surface area contributed by atoms with Crippen molar-refractivity contribution in [2.24, 2.45) is 0 Å². The molecule has 2 aromatic carbocycles. The minimum Gasteiger partial charge on any atom is -0.358 e. The fourth-order valence-electron chi connectivity index (χ4n) is 4.64. The molecule has 0 atom stereocenters. The van der Waals surface area contributed by atoms with Crippen LogP contribution in [-0.4, -0.2) is 27.6 Å². The number of benzene rings is 2. The number of anilines is 1. The molecule has 0 radical (unpaired) electrons. The summed E-state index contributed by atoms with van der Waals surface area (Å²) in [6.07, 6.45) is 4.86. The molecule has 2 aromatic heterocycles. The first-order chi connectivity index (χ1) is 12.4. The summed E-state index contributed by atoms with van der Waals surface area (Å²) in [6, 6.07) is 12.9. The molecule has 0 saturated heterocycles. The Labute approximate surface area is 146 Å². The first-order valence-corrected chi connectivity index (χ1v) is 9.35. The fourth-order valence-corrected chi connectivity index (χ4v) is 4.64. The lowest BCUT2D eigenvalue weighted by atomic mass is 10.1. The molecule has 4 aromatic rings. The lowest BCUT2D eigenvalue weighted by Crippen LogP contribution is -2.32. The molecule has 0 fully saturated rings. The van der Waals surface area contributed by atoms with Gasteiger partial charge in [0, 0.05) is 25.2 Å². The van der Waals surface area contributed by atoms with E-state index in [2.05, 4.69) is 45.9 Å². The Hall–Kier alpha value is -2.62. The van der Waals surface area contributed by atoms with Crippen LogP contribution in [0.4, 0.5) is 5.82 Å². The highest BCUT2D eigenvalue weighted by molar-refractivity contribution is 5.98.